The molecule has 0 amide bonds. The van der Waals surface area contributed by atoms with Crippen LogP contribution < -0.4 is 0 Å². The number of allylic oxidation sites excluding steroid dienone is 15. The molecule has 51 heavy (non-hydrogen) atoms. The Bertz CT molecular complexity index is 1160. The SMILES string of the molecule is CC/C=C\C/C=C\C/C=C\C/C=C\C/C=C\CCCC(=O)O[C@H](COC(=O)CCCCCCCC(O)/C=C/C=C/C/C=C/CC)COP(=O)(O)O. The molecule has 0 aliphatic rings. The second-order valence-corrected chi connectivity index (χ2v) is 13.2. The number of ether oxygens (including phenoxy) is 2. The van der Waals surface area contributed by atoms with Crippen molar-refractivity contribution < 1.29 is 43.0 Å². The maximum absolute atomic E-state index is 12.3. The van der Waals surface area contributed by atoms with Crippen LogP contribution in [0.25, 0.3) is 0 Å². The summed E-state index contributed by atoms with van der Waals surface area (Å²) < 4.78 is 26.2. The average molecular weight is 733 g/mol. The van der Waals surface area contributed by atoms with Crippen molar-refractivity contribution in [2.45, 2.75) is 135 Å². The second-order valence-electron chi connectivity index (χ2n) is 12.0. The number of carbonyl (C=O) groups excluding carboxylic acids is 2. The van der Waals surface area contributed by atoms with Gasteiger partial charge in [-0.3, -0.25) is 14.1 Å². The van der Waals surface area contributed by atoms with Gasteiger partial charge >= 0.3 is 19.8 Å². The molecule has 3 N–H and O–H groups in total. The zero-order valence-electron chi connectivity index (χ0n) is 31.1. The quantitative estimate of drug-likeness (QED) is 0.0203. The van der Waals surface area contributed by atoms with Gasteiger partial charge < -0.3 is 24.4 Å². The maximum atomic E-state index is 12.3. The van der Waals surface area contributed by atoms with Crippen LogP contribution in [0.2, 0.25) is 0 Å². The maximum Gasteiger partial charge on any atom is 0.469 e. The summed E-state index contributed by atoms with van der Waals surface area (Å²) in [6.07, 6.45) is 44.4. The van der Waals surface area contributed by atoms with E-state index in [1.54, 1.807) is 6.08 Å². The van der Waals surface area contributed by atoms with Crippen LogP contribution in [0.3, 0.4) is 0 Å². The molecule has 0 aromatic carbocycles. The van der Waals surface area contributed by atoms with Crippen molar-refractivity contribution in [1.82, 2.24) is 0 Å². The fourth-order valence-corrected chi connectivity index (χ4v) is 4.83. The second kappa shape index (κ2) is 35.3. The molecule has 0 saturated carbocycles. The molecule has 0 aliphatic heterocycles. The molecular formula is C41H65O9P. The molecule has 0 fully saturated rings. The van der Waals surface area contributed by atoms with Gasteiger partial charge in [0.25, 0.3) is 0 Å². The van der Waals surface area contributed by atoms with E-state index in [2.05, 4.69) is 79.1 Å². The summed E-state index contributed by atoms with van der Waals surface area (Å²) in [5.74, 6) is -1.04. The van der Waals surface area contributed by atoms with Crippen LogP contribution in [0.5, 0.6) is 0 Å². The molecule has 0 aromatic heterocycles. The minimum atomic E-state index is -4.80. The highest BCUT2D eigenvalue weighted by Gasteiger charge is 2.22. The molecule has 0 rings (SSSR count). The third-order valence-electron chi connectivity index (χ3n) is 7.20. The third-order valence-corrected chi connectivity index (χ3v) is 7.69. The van der Waals surface area contributed by atoms with Gasteiger partial charge in [0.1, 0.15) is 6.61 Å². The molecule has 2 atom stereocenters. The summed E-state index contributed by atoms with van der Waals surface area (Å²) >= 11 is 0. The van der Waals surface area contributed by atoms with Gasteiger partial charge in [0.2, 0.25) is 0 Å². The Morgan fingerprint density at radius 3 is 1.71 bits per heavy atom. The van der Waals surface area contributed by atoms with Gasteiger partial charge in [-0.05, 0) is 70.6 Å². The summed E-state index contributed by atoms with van der Waals surface area (Å²) in [6.45, 7) is 3.28. The first kappa shape index (κ1) is 47.9. The number of phosphoric ester groups is 1. The van der Waals surface area contributed by atoms with Gasteiger partial charge in [-0.1, -0.05) is 137 Å². The Kier molecular flexibility index (Phi) is 33.2. The van der Waals surface area contributed by atoms with Crippen molar-refractivity contribution in [2.75, 3.05) is 13.2 Å². The van der Waals surface area contributed by atoms with Crippen molar-refractivity contribution in [3.8, 4) is 0 Å². The Balaban J connectivity index is 4.20. The summed E-state index contributed by atoms with van der Waals surface area (Å²) in [4.78, 5) is 42.7. The van der Waals surface area contributed by atoms with Crippen LogP contribution in [0, 0.1) is 0 Å². The highest BCUT2D eigenvalue weighted by atomic mass is 31.2. The summed E-state index contributed by atoms with van der Waals surface area (Å²) in [6, 6.07) is 0. The Labute approximate surface area is 307 Å². The monoisotopic (exact) mass is 732 g/mol. The van der Waals surface area contributed by atoms with Crippen LogP contribution in [0.4, 0.5) is 0 Å². The van der Waals surface area contributed by atoms with E-state index in [0.29, 0.717) is 25.7 Å². The Morgan fingerprint density at radius 1 is 0.608 bits per heavy atom. The highest BCUT2D eigenvalue weighted by Crippen LogP contribution is 2.35. The first-order valence-electron chi connectivity index (χ1n) is 18.6. The molecule has 0 radical (unpaired) electrons. The van der Waals surface area contributed by atoms with Crippen LogP contribution in [-0.4, -0.2) is 52.3 Å². The number of phosphoric acid groups is 1. The minimum Gasteiger partial charge on any atom is -0.462 e. The number of unbranched alkanes of at least 4 members (excludes halogenated alkanes) is 5. The average Bonchev–Trinajstić information content (AvgIpc) is 3.09. The number of rotatable bonds is 32. The van der Waals surface area contributed by atoms with Gasteiger partial charge in [-0.15, -0.1) is 0 Å². The van der Waals surface area contributed by atoms with Crippen LogP contribution in [0.1, 0.15) is 123 Å². The molecular weight excluding hydrogens is 667 g/mol. The molecule has 0 aromatic rings. The first-order chi connectivity index (χ1) is 24.7. The van der Waals surface area contributed by atoms with E-state index in [0.717, 1.165) is 70.6 Å². The molecule has 0 bridgehead atoms. The summed E-state index contributed by atoms with van der Waals surface area (Å²) in [5, 5.41) is 10.1. The van der Waals surface area contributed by atoms with Crippen molar-refractivity contribution in [3.05, 3.63) is 97.2 Å². The van der Waals surface area contributed by atoms with E-state index in [-0.39, 0.29) is 19.4 Å². The van der Waals surface area contributed by atoms with E-state index in [1.165, 1.54) is 0 Å². The van der Waals surface area contributed by atoms with Crippen LogP contribution in [0.15, 0.2) is 97.2 Å². The molecule has 0 heterocycles. The molecule has 0 spiro atoms. The zero-order chi connectivity index (χ0) is 37.7. The number of hydrogen-bond donors (Lipinski definition) is 3. The molecule has 0 saturated heterocycles. The van der Waals surface area contributed by atoms with E-state index < -0.39 is 38.6 Å². The van der Waals surface area contributed by atoms with E-state index in [4.69, 9.17) is 19.3 Å². The van der Waals surface area contributed by atoms with Gasteiger partial charge in [0.05, 0.1) is 12.7 Å². The highest BCUT2D eigenvalue weighted by molar-refractivity contribution is 7.46. The standard InChI is InChI=1S/C41H65O9P/c1-3-5-7-9-11-12-13-14-15-16-17-18-19-20-22-26-31-35-41(44)50-39(37-49-51(45,46)47)36-48-40(43)34-30-27-23-25-29-33-38(42)32-28-24-21-10-8-6-4-2/h5-8,11-12,14-15,17-18,20-22,24,28,32,38-39,42H,3-4,9-10,13,16,19,23,25-27,29-31,33-37H2,1-2H3,(H2,45,46,47)/b7-5-,8-6+,12-11-,15-14-,18-17-,22-20-,24-21+,32-28+/t38?,39-/m1/s1. The lowest BCUT2D eigenvalue weighted by molar-refractivity contribution is -0.161. The van der Waals surface area contributed by atoms with Gasteiger partial charge in [-0.25, -0.2) is 4.57 Å². The van der Waals surface area contributed by atoms with E-state index in [9.17, 15) is 19.3 Å². The number of esters is 2. The summed E-state index contributed by atoms with van der Waals surface area (Å²) in [7, 11) is -4.80. The predicted molar refractivity (Wildman–Crippen MR) is 208 cm³/mol. The lowest BCUT2D eigenvalue weighted by Gasteiger charge is -2.18. The van der Waals surface area contributed by atoms with Crippen molar-refractivity contribution in [1.29, 1.82) is 0 Å². The zero-order valence-corrected chi connectivity index (χ0v) is 32.0. The molecule has 1 unspecified atom stereocenters. The molecule has 0 aliphatic carbocycles. The van der Waals surface area contributed by atoms with E-state index in [1.807, 2.05) is 30.4 Å². The number of aliphatic hydroxyl groups excluding tert-OH is 1. The normalized spacial score (nSPS) is 14.2. The molecule has 9 nitrogen and oxygen atoms in total. The smallest absolute Gasteiger partial charge is 0.462 e. The Morgan fingerprint density at radius 2 is 1.12 bits per heavy atom. The van der Waals surface area contributed by atoms with Gasteiger partial charge in [-0.2, -0.15) is 0 Å². The lowest BCUT2D eigenvalue weighted by atomic mass is 10.1. The molecule has 288 valence electrons. The van der Waals surface area contributed by atoms with Gasteiger partial charge in [0, 0.05) is 12.8 Å². The number of hydrogen-bond acceptors (Lipinski definition) is 7. The largest absolute Gasteiger partial charge is 0.469 e. The lowest BCUT2D eigenvalue weighted by Crippen LogP contribution is -2.29. The fourth-order valence-electron chi connectivity index (χ4n) is 4.47. The van der Waals surface area contributed by atoms with Crippen molar-refractivity contribution in [3.63, 3.8) is 0 Å². The first-order valence-corrected chi connectivity index (χ1v) is 20.2. The minimum absolute atomic E-state index is 0.107. The fraction of sp³-hybridized carbons (Fsp3) is 0.561. The molecule has 10 heteroatoms. The number of aliphatic hydroxyl groups is 1. The van der Waals surface area contributed by atoms with E-state index >= 15 is 0 Å². The summed E-state index contributed by atoms with van der Waals surface area (Å²) in [5.41, 5.74) is 0. The topological polar surface area (TPSA) is 140 Å². The Hall–Kier alpha value is -3.07. The number of carbonyl (C=O) groups is 2. The van der Waals surface area contributed by atoms with Crippen LogP contribution in [-0.2, 0) is 28.2 Å². The van der Waals surface area contributed by atoms with Crippen molar-refractivity contribution >= 4 is 19.8 Å². The van der Waals surface area contributed by atoms with Gasteiger partial charge in [0.15, 0.2) is 6.10 Å². The predicted octanol–water partition coefficient (Wildman–Crippen LogP) is 10.0. The van der Waals surface area contributed by atoms with Crippen molar-refractivity contribution in [2.24, 2.45) is 0 Å². The third kappa shape index (κ3) is 38.0. The van der Waals surface area contributed by atoms with Crippen LogP contribution >= 0.6 is 7.82 Å².